The zero-order valence-electron chi connectivity index (χ0n) is 14.0. The van der Waals surface area contributed by atoms with Crippen LogP contribution in [0.25, 0.3) is 0 Å². The minimum absolute atomic E-state index is 0.0277. The Morgan fingerprint density at radius 1 is 1.33 bits per heavy atom. The molecule has 4 amide bonds. The Morgan fingerprint density at radius 2 is 2.04 bits per heavy atom. The van der Waals surface area contributed by atoms with Crippen molar-refractivity contribution in [2.75, 3.05) is 39.0 Å². The summed E-state index contributed by atoms with van der Waals surface area (Å²) in [6, 6.07) is 5.81. The SMILES string of the molecule is C[C@H]1C(=O)N(CC(=O)N(C)C)CCN1C(=O)Nc1cccc(Cl)c1. The number of halogens is 1. The van der Waals surface area contributed by atoms with Gasteiger partial charge in [0.1, 0.15) is 6.04 Å². The molecular weight excluding hydrogens is 332 g/mol. The average molecular weight is 353 g/mol. The summed E-state index contributed by atoms with van der Waals surface area (Å²) in [4.78, 5) is 41.0. The Balaban J connectivity index is 2.00. The zero-order valence-corrected chi connectivity index (χ0v) is 14.7. The van der Waals surface area contributed by atoms with Crippen molar-refractivity contribution in [3.8, 4) is 0 Å². The molecule has 0 bridgehead atoms. The number of nitrogens with zero attached hydrogens (tertiary/aromatic N) is 3. The Labute approximate surface area is 146 Å². The third-order valence-corrected chi connectivity index (χ3v) is 4.14. The molecular formula is C16H21ClN4O3. The fraction of sp³-hybridized carbons (Fsp3) is 0.438. The first-order valence-corrected chi connectivity index (χ1v) is 7.99. The number of piperazine rings is 1. The van der Waals surface area contributed by atoms with E-state index in [0.29, 0.717) is 23.8 Å². The Bertz CT molecular complexity index is 650. The molecule has 1 aromatic rings. The molecule has 0 radical (unpaired) electrons. The van der Waals surface area contributed by atoms with Gasteiger partial charge >= 0.3 is 6.03 Å². The van der Waals surface area contributed by atoms with Crippen LogP contribution in [0.3, 0.4) is 0 Å². The smallest absolute Gasteiger partial charge is 0.322 e. The first-order chi connectivity index (χ1) is 11.3. The Morgan fingerprint density at radius 3 is 2.67 bits per heavy atom. The molecule has 1 aromatic carbocycles. The fourth-order valence-corrected chi connectivity index (χ4v) is 2.62. The number of anilines is 1. The van der Waals surface area contributed by atoms with Crippen LogP contribution in [0.5, 0.6) is 0 Å². The van der Waals surface area contributed by atoms with Crippen molar-refractivity contribution in [1.82, 2.24) is 14.7 Å². The molecule has 24 heavy (non-hydrogen) atoms. The lowest BCUT2D eigenvalue weighted by atomic mass is 10.2. The minimum atomic E-state index is -0.632. The van der Waals surface area contributed by atoms with E-state index in [1.807, 2.05) is 0 Å². The molecule has 0 spiro atoms. The number of amides is 4. The van der Waals surface area contributed by atoms with Crippen molar-refractivity contribution >= 4 is 35.1 Å². The van der Waals surface area contributed by atoms with Crippen LogP contribution in [0.15, 0.2) is 24.3 Å². The number of carbonyl (C=O) groups excluding carboxylic acids is 3. The number of benzene rings is 1. The summed E-state index contributed by atoms with van der Waals surface area (Å²) in [5, 5.41) is 3.25. The number of hydrogen-bond donors (Lipinski definition) is 1. The maximum Gasteiger partial charge on any atom is 0.322 e. The van der Waals surface area contributed by atoms with E-state index in [4.69, 9.17) is 11.6 Å². The van der Waals surface area contributed by atoms with Gasteiger partial charge in [0.15, 0.2) is 0 Å². The maximum atomic E-state index is 12.4. The van der Waals surface area contributed by atoms with Gasteiger partial charge in [0.05, 0.1) is 6.54 Å². The number of nitrogens with one attached hydrogen (secondary N) is 1. The van der Waals surface area contributed by atoms with E-state index in [0.717, 1.165) is 0 Å². The molecule has 0 aromatic heterocycles. The second-order valence-corrected chi connectivity index (χ2v) is 6.29. The van der Waals surface area contributed by atoms with Crippen molar-refractivity contribution in [1.29, 1.82) is 0 Å². The summed E-state index contributed by atoms with van der Waals surface area (Å²) < 4.78 is 0. The van der Waals surface area contributed by atoms with E-state index in [1.54, 1.807) is 45.3 Å². The van der Waals surface area contributed by atoms with E-state index in [2.05, 4.69) is 5.32 Å². The van der Waals surface area contributed by atoms with Crippen molar-refractivity contribution in [3.05, 3.63) is 29.3 Å². The predicted octanol–water partition coefficient (Wildman–Crippen LogP) is 1.49. The molecule has 130 valence electrons. The van der Waals surface area contributed by atoms with Gasteiger partial charge in [-0.2, -0.15) is 0 Å². The van der Waals surface area contributed by atoms with Crippen LogP contribution >= 0.6 is 11.6 Å². The first-order valence-electron chi connectivity index (χ1n) is 7.61. The summed E-state index contributed by atoms with van der Waals surface area (Å²) in [7, 11) is 3.29. The van der Waals surface area contributed by atoms with E-state index in [1.165, 1.54) is 14.7 Å². The normalized spacial score (nSPS) is 17.7. The first kappa shape index (κ1) is 18.1. The second-order valence-electron chi connectivity index (χ2n) is 5.86. The van der Waals surface area contributed by atoms with Gasteiger partial charge in [-0.15, -0.1) is 0 Å². The molecule has 2 rings (SSSR count). The highest BCUT2D eigenvalue weighted by Gasteiger charge is 2.35. The maximum absolute atomic E-state index is 12.4. The van der Waals surface area contributed by atoms with E-state index in [9.17, 15) is 14.4 Å². The van der Waals surface area contributed by atoms with Crippen LogP contribution in [0.1, 0.15) is 6.92 Å². The molecule has 0 aliphatic carbocycles. The van der Waals surface area contributed by atoms with Crippen LogP contribution in [0.4, 0.5) is 10.5 Å². The molecule has 8 heteroatoms. The van der Waals surface area contributed by atoms with Gasteiger partial charge in [0.2, 0.25) is 11.8 Å². The van der Waals surface area contributed by atoms with Gasteiger partial charge in [-0.3, -0.25) is 9.59 Å². The molecule has 7 nitrogen and oxygen atoms in total. The highest BCUT2D eigenvalue weighted by Crippen LogP contribution is 2.17. The standard InChI is InChI=1S/C16H21ClN4O3/c1-11-15(23)20(10-14(22)19(2)3)7-8-21(11)16(24)18-13-6-4-5-12(17)9-13/h4-6,9,11H,7-8,10H2,1-3H3,(H,18,24)/t11-/m0/s1. The van der Waals surface area contributed by atoms with Crippen LogP contribution < -0.4 is 5.32 Å². The Hall–Kier alpha value is -2.28. The number of likely N-dealkylation sites (N-methyl/N-ethyl adjacent to an activating group) is 1. The largest absolute Gasteiger partial charge is 0.347 e. The summed E-state index contributed by atoms with van der Waals surface area (Å²) in [6.45, 7) is 2.37. The van der Waals surface area contributed by atoms with Gasteiger partial charge in [-0.1, -0.05) is 17.7 Å². The van der Waals surface area contributed by atoms with Gasteiger partial charge in [0.25, 0.3) is 0 Å². The molecule has 1 fully saturated rings. The summed E-state index contributed by atoms with van der Waals surface area (Å²) in [5.74, 6) is -0.384. The van der Waals surface area contributed by atoms with Gasteiger partial charge in [-0.25, -0.2) is 4.79 Å². The third-order valence-electron chi connectivity index (χ3n) is 3.91. The molecule has 1 aliphatic rings. The lowest BCUT2D eigenvalue weighted by Crippen LogP contribution is -2.59. The van der Waals surface area contributed by atoms with Crippen molar-refractivity contribution in [3.63, 3.8) is 0 Å². The highest BCUT2D eigenvalue weighted by molar-refractivity contribution is 6.30. The monoisotopic (exact) mass is 352 g/mol. The second kappa shape index (κ2) is 7.53. The summed E-state index contributed by atoms with van der Waals surface area (Å²) >= 11 is 5.90. The number of hydrogen-bond acceptors (Lipinski definition) is 3. The van der Waals surface area contributed by atoms with Gasteiger partial charge < -0.3 is 20.0 Å². The lowest BCUT2D eigenvalue weighted by molar-refractivity contribution is -0.144. The van der Waals surface area contributed by atoms with E-state index in [-0.39, 0.29) is 24.4 Å². The molecule has 1 heterocycles. The summed E-state index contributed by atoms with van der Waals surface area (Å²) in [5.41, 5.74) is 0.567. The predicted molar refractivity (Wildman–Crippen MR) is 91.9 cm³/mol. The quantitative estimate of drug-likeness (QED) is 0.895. The van der Waals surface area contributed by atoms with E-state index >= 15 is 0 Å². The topological polar surface area (TPSA) is 73.0 Å². The molecule has 1 atom stereocenters. The summed E-state index contributed by atoms with van der Waals surface area (Å²) in [6.07, 6.45) is 0. The third kappa shape index (κ3) is 4.17. The number of rotatable bonds is 3. The van der Waals surface area contributed by atoms with Gasteiger partial charge in [-0.05, 0) is 25.1 Å². The number of urea groups is 1. The molecule has 0 saturated carbocycles. The molecule has 1 aliphatic heterocycles. The zero-order chi connectivity index (χ0) is 17.9. The van der Waals surface area contributed by atoms with Crippen LogP contribution in [0.2, 0.25) is 5.02 Å². The van der Waals surface area contributed by atoms with E-state index < -0.39 is 6.04 Å². The minimum Gasteiger partial charge on any atom is -0.347 e. The average Bonchev–Trinajstić information content (AvgIpc) is 2.51. The van der Waals surface area contributed by atoms with Crippen LogP contribution in [-0.2, 0) is 9.59 Å². The van der Waals surface area contributed by atoms with Crippen LogP contribution in [0, 0.1) is 0 Å². The Kier molecular flexibility index (Phi) is 5.66. The fourth-order valence-electron chi connectivity index (χ4n) is 2.43. The van der Waals surface area contributed by atoms with Crippen molar-refractivity contribution < 1.29 is 14.4 Å². The highest BCUT2D eigenvalue weighted by atomic mass is 35.5. The number of carbonyl (C=O) groups is 3. The molecule has 1 saturated heterocycles. The van der Waals surface area contributed by atoms with Crippen molar-refractivity contribution in [2.24, 2.45) is 0 Å². The van der Waals surface area contributed by atoms with Crippen molar-refractivity contribution in [2.45, 2.75) is 13.0 Å². The molecule has 1 N–H and O–H groups in total. The lowest BCUT2D eigenvalue weighted by Gasteiger charge is -2.39. The molecule has 0 unspecified atom stereocenters. The van der Waals surface area contributed by atoms with Crippen LogP contribution in [-0.4, -0.2) is 72.3 Å². The van der Waals surface area contributed by atoms with Gasteiger partial charge in [0, 0.05) is 37.9 Å².